The number of hydrogen-bond acceptors (Lipinski definition) is 5. The molecular weight excluding hydrogens is 148 g/mol. The van der Waals surface area contributed by atoms with Crippen molar-refractivity contribution in [3.63, 3.8) is 0 Å². The van der Waals surface area contributed by atoms with Crippen LogP contribution in [0.25, 0.3) is 0 Å². The fourth-order valence-electron chi connectivity index (χ4n) is 0.509. The summed E-state index contributed by atoms with van der Waals surface area (Å²) in [5.41, 5.74) is 5.33. The third-order valence-electron chi connectivity index (χ3n) is 1.02. The molecule has 0 amide bonds. The molecule has 1 aromatic heterocycles. The summed E-state index contributed by atoms with van der Waals surface area (Å²) >= 11 is 1.37. The summed E-state index contributed by atoms with van der Waals surface area (Å²) in [4.78, 5) is 6.05. The van der Waals surface area contributed by atoms with Gasteiger partial charge in [0.05, 0.1) is 6.54 Å². The number of rotatable bonds is 2. The third kappa shape index (κ3) is 1.43. The lowest BCUT2D eigenvalue weighted by Gasteiger charge is -2.03. The smallest absolute Gasteiger partial charge is 0.204 e. The third-order valence-corrected chi connectivity index (χ3v) is 1.94. The zero-order valence-corrected chi connectivity index (χ0v) is 6.85. The lowest BCUT2D eigenvalue weighted by Crippen LogP contribution is -2.08. The molecule has 1 rings (SSSR count). The van der Waals surface area contributed by atoms with Crippen LogP contribution in [-0.2, 0) is 6.54 Å². The zero-order chi connectivity index (χ0) is 7.56. The van der Waals surface area contributed by atoms with Crippen LogP contribution in [0.2, 0.25) is 0 Å². The van der Waals surface area contributed by atoms with Crippen LogP contribution in [-0.4, -0.2) is 23.5 Å². The summed E-state index contributed by atoms with van der Waals surface area (Å²) in [6, 6.07) is 0. The molecule has 10 heavy (non-hydrogen) atoms. The van der Waals surface area contributed by atoms with E-state index >= 15 is 0 Å². The van der Waals surface area contributed by atoms with Crippen molar-refractivity contribution in [1.29, 1.82) is 0 Å². The molecule has 0 unspecified atom stereocenters. The predicted molar refractivity (Wildman–Crippen MR) is 42.1 cm³/mol. The minimum atomic E-state index is 0.421. The molecule has 5 heteroatoms. The van der Waals surface area contributed by atoms with E-state index in [9.17, 15) is 0 Å². The number of nitrogens with zero attached hydrogens (tertiary/aromatic N) is 3. The van der Waals surface area contributed by atoms with Gasteiger partial charge in [0.1, 0.15) is 0 Å². The maximum atomic E-state index is 5.33. The van der Waals surface area contributed by atoms with Gasteiger partial charge in [0, 0.05) is 25.6 Å². The first-order valence-electron chi connectivity index (χ1n) is 2.94. The molecule has 0 bridgehead atoms. The second kappa shape index (κ2) is 2.94. The van der Waals surface area contributed by atoms with Gasteiger partial charge in [0.15, 0.2) is 5.82 Å². The standard InChI is InChI=1S/C5H10N4S/c1-9(2)5-7-4(3-6)8-10-5/h3,6H2,1-2H3. The Bertz CT molecular complexity index is 207. The molecule has 0 aliphatic carbocycles. The Balaban J connectivity index is 2.78. The van der Waals surface area contributed by atoms with Crippen LogP contribution in [0.5, 0.6) is 0 Å². The molecule has 1 aromatic rings. The van der Waals surface area contributed by atoms with Gasteiger partial charge >= 0.3 is 0 Å². The second-order valence-corrected chi connectivity index (χ2v) is 2.82. The average Bonchev–Trinajstić information content (AvgIpc) is 2.34. The van der Waals surface area contributed by atoms with Gasteiger partial charge in [0.2, 0.25) is 5.13 Å². The van der Waals surface area contributed by atoms with Crippen LogP contribution in [0.15, 0.2) is 0 Å². The van der Waals surface area contributed by atoms with Crippen LogP contribution in [0.4, 0.5) is 5.13 Å². The Morgan fingerprint density at radius 3 is 2.60 bits per heavy atom. The summed E-state index contributed by atoms with van der Waals surface area (Å²) in [5, 5.41) is 0.903. The summed E-state index contributed by atoms with van der Waals surface area (Å²) in [5.74, 6) is 0.716. The topological polar surface area (TPSA) is 55.0 Å². The number of hydrogen-bond donors (Lipinski definition) is 1. The average molecular weight is 158 g/mol. The van der Waals surface area contributed by atoms with E-state index in [1.54, 1.807) is 0 Å². The Morgan fingerprint density at radius 1 is 1.60 bits per heavy atom. The van der Waals surface area contributed by atoms with Crippen molar-refractivity contribution in [2.45, 2.75) is 6.54 Å². The van der Waals surface area contributed by atoms with Crippen LogP contribution in [0.1, 0.15) is 5.82 Å². The molecule has 0 saturated heterocycles. The van der Waals surface area contributed by atoms with Crippen molar-refractivity contribution >= 4 is 16.7 Å². The first kappa shape index (κ1) is 7.43. The number of nitrogens with two attached hydrogens (primary N) is 1. The highest BCUT2D eigenvalue weighted by molar-refractivity contribution is 7.09. The van der Waals surface area contributed by atoms with Crippen molar-refractivity contribution in [3.05, 3.63) is 5.82 Å². The molecular formula is C5H10N4S. The largest absolute Gasteiger partial charge is 0.353 e. The van der Waals surface area contributed by atoms with Crippen LogP contribution >= 0.6 is 11.5 Å². The molecule has 0 spiro atoms. The van der Waals surface area contributed by atoms with E-state index in [1.165, 1.54) is 11.5 Å². The lowest BCUT2D eigenvalue weighted by atomic mass is 10.6. The minimum Gasteiger partial charge on any atom is -0.353 e. The molecule has 0 aliphatic heterocycles. The first-order chi connectivity index (χ1) is 4.74. The fraction of sp³-hybridized carbons (Fsp3) is 0.600. The van der Waals surface area contributed by atoms with Gasteiger partial charge in [-0.3, -0.25) is 0 Å². The van der Waals surface area contributed by atoms with Crippen LogP contribution in [0.3, 0.4) is 0 Å². The molecule has 0 fully saturated rings. The van der Waals surface area contributed by atoms with Crippen molar-refractivity contribution in [2.75, 3.05) is 19.0 Å². The molecule has 0 atom stereocenters. The Morgan fingerprint density at radius 2 is 2.30 bits per heavy atom. The summed E-state index contributed by atoms with van der Waals surface area (Å²) in [6.07, 6.45) is 0. The van der Waals surface area contributed by atoms with E-state index in [2.05, 4.69) is 9.36 Å². The number of anilines is 1. The molecule has 0 aliphatic rings. The fourth-order valence-corrected chi connectivity index (χ4v) is 1.12. The highest BCUT2D eigenvalue weighted by Crippen LogP contribution is 2.12. The second-order valence-electron chi connectivity index (χ2n) is 2.09. The predicted octanol–water partition coefficient (Wildman–Crippen LogP) is 0.0628. The van der Waals surface area contributed by atoms with E-state index in [4.69, 9.17) is 5.73 Å². The van der Waals surface area contributed by atoms with Crippen molar-refractivity contribution in [3.8, 4) is 0 Å². The van der Waals surface area contributed by atoms with Gasteiger partial charge < -0.3 is 10.6 Å². The molecule has 56 valence electrons. The van der Waals surface area contributed by atoms with Gasteiger partial charge in [0.25, 0.3) is 0 Å². The van der Waals surface area contributed by atoms with Crippen molar-refractivity contribution in [2.24, 2.45) is 5.73 Å². The maximum absolute atomic E-state index is 5.33. The zero-order valence-electron chi connectivity index (χ0n) is 6.03. The van der Waals surface area contributed by atoms with Gasteiger partial charge in [-0.1, -0.05) is 0 Å². The van der Waals surface area contributed by atoms with E-state index in [1.807, 2.05) is 19.0 Å². The highest BCUT2D eigenvalue weighted by Gasteiger charge is 2.01. The molecule has 0 saturated carbocycles. The van der Waals surface area contributed by atoms with E-state index in [0.29, 0.717) is 12.4 Å². The molecule has 1 heterocycles. The molecule has 4 nitrogen and oxygen atoms in total. The number of aromatic nitrogens is 2. The minimum absolute atomic E-state index is 0.421. The van der Waals surface area contributed by atoms with Crippen LogP contribution in [0, 0.1) is 0 Å². The van der Waals surface area contributed by atoms with Gasteiger partial charge in [-0.25, -0.2) is 4.98 Å². The van der Waals surface area contributed by atoms with E-state index in [0.717, 1.165) is 5.13 Å². The van der Waals surface area contributed by atoms with E-state index < -0.39 is 0 Å². The van der Waals surface area contributed by atoms with Crippen LogP contribution < -0.4 is 10.6 Å². The normalized spacial score (nSPS) is 9.90. The van der Waals surface area contributed by atoms with E-state index in [-0.39, 0.29) is 0 Å². The maximum Gasteiger partial charge on any atom is 0.204 e. The van der Waals surface area contributed by atoms with Crippen molar-refractivity contribution < 1.29 is 0 Å². The van der Waals surface area contributed by atoms with Crippen molar-refractivity contribution in [1.82, 2.24) is 9.36 Å². The van der Waals surface area contributed by atoms with Gasteiger partial charge in [-0.15, -0.1) is 0 Å². The quantitative estimate of drug-likeness (QED) is 0.661. The van der Waals surface area contributed by atoms with Gasteiger partial charge in [-0.05, 0) is 0 Å². The highest BCUT2D eigenvalue weighted by atomic mass is 32.1. The lowest BCUT2D eigenvalue weighted by molar-refractivity contribution is 0.946. The van der Waals surface area contributed by atoms with Gasteiger partial charge in [-0.2, -0.15) is 4.37 Å². The summed E-state index contributed by atoms with van der Waals surface area (Å²) in [6.45, 7) is 0.421. The molecule has 2 N–H and O–H groups in total. The Hall–Kier alpha value is -0.680. The Kier molecular flexibility index (Phi) is 2.18. The SMILES string of the molecule is CN(C)c1nc(CN)ns1. The Labute approximate surface area is 63.8 Å². The molecule has 0 aromatic carbocycles. The monoisotopic (exact) mass is 158 g/mol. The molecule has 0 radical (unpaired) electrons. The summed E-state index contributed by atoms with van der Waals surface area (Å²) < 4.78 is 4.02. The first-order valence-corrected chi connectivity index (χ1v) is 3.71. The summed E-state index contributed by atoms with van der Waals surface area (Å²) in [7, 11) is 3.86.